The van der Waals surface area contributed by atoms with Gasteiger partial charge in [-0.05, 0) is 60.1 Å². The second-order valence-electron chi connectivity index (χ2n) is 7.83. The number of rotatable bonds is 6. The molecule has 0 atom stereocenters. The van der Waals surface area contributed by atoms with Gasteiger partial charge in [0.1, 0.15) is 11.3 Å². The number of thiocarbonyl (C=S) groups is 1. The molecular weight excluding hydrogens is 454 g/mol. The van der Waals surface area contributed by atoms with Crippen LogP contribution in [0.3, 0.4) is 0 Å². The van der Waals surface area contributed by atoms with E-state index in [4.69, 9.17) is 21.7 Å². The Bertz CT molecular complexity index is 1120. The van der Waals surface area contributed by atoms with E-state index in [1.165, 1.54) is 11.0 Å². The van der Waals surface area contributed by atoms with Crippen LogP contribution in [-0.4, -0.2) is 60.6 Å². The van der Waals surface area contributed by atoms with E-state index >= 15 is 0 Å². The van der Waals surface area contributed by atoms with Crippen molar-refractivity contribution in [3.8, 4) is 5.75 Å². The zero-order valence-corrected chi connectivity index (χ0v) is 19.6. The number of morpholine rings is 1. The van der Waals surface area contributed by atoms with Crippen molar-refractivity contribution in [2.45, 2.75) is 13.3 Å². The van der Waals surface area contributed by atoms with Gasteiger partial charge in [-0.1, -0.05) is 31.2 Å². The van der Waals surface area contributed by atoms with E-state index in [0.29, 0.717) is 43.3 Å². The number of benzene rings is 2. The van der Waals surface area contributed by atoms with E-state index in [0.717, 1.165) is 12.0 Å². The summed E-state index contributed by atoms with van der Waals surface area (Å²) >= 11 is 5.25. The molecule has 2 aromatic rings. The van der Waals surface area contributed by atoms with E-state index in [-0.39, 0.29) is 23.2 Å². The Morgan fingerprint density at radius 1 is 1.09 bits per heavy atom. The van der Waals surface area contributed by atoms with Crippen molar-refractivity contribution in [2.24, 2.45) is 0 Å². The Hall–Kier alpha value is -3.56. The molecule has 2 aliphatic rings. The average Bonchev–Trinajstić information content (AvgIpc) is 2.86. The number of amides is 3. The number of hydrogen-bond donors (Lipinski definition) is 1. The molecule has 2 fully saturated rings. The maximum absolute atomic E-state index is 13.1. The Labute approximate surface area is 203 Å². The van der Waals surface area contributed by atoms with Gasteiger partial charge in [0.2, 0.25) is 0 Å². The van der Waals surface area contributed by atoms with Crippen LogP contribution in [0.4, 0.5) is 5.69 Å². The lowest BCUT2D eigenvalue weighted by molar-refractivity contribution is -0.137. The maximum Gasteiger partial charge on any atom is 0.270 e. The van der Waals surface area contributed by atoms with Crippen LogP contribution in [0.1, 0.15) is 18.1 Å². The highest BCUT2D eigenvalue weighted by atomic mass is 32.1. The summed E-state index contributed by atoms with van der Waals surface area (Å²) in [6, 6.07) is 14.3. The number of carbonyl (C=O) groups excluding carboxylic acids is 3. The minimum Gasteiger partial charge on any atom is -0.484 e. The van der Waals surface area contributed by atoms with Crippen LogP contribution in [0, 0.1) is 0 Å². The van der Waals surface area contributed by atoms with Crippen molar-refractivity contribution < 1.29 is 23.9 Å². The second kappa shape index (κ2) is 10.6. The molecule has 9 heteroatoms. The van der Waals surface area contributed by atoms with Crippen LogP contribution in [0.15, 0.2) is 54.1 Å². The summed E-state index contributed by atoms with van der Waals surface area (Å²) in [5.74, 6) is -0.619. The first-order chi connectivity index (χ1) is 16.5. The summed E-state index contributed by atoms with van der Waals surface area (Å²) in [6.07, 6.45) is 2.39. The van der Waals surface area contributed by atoms with Gasteiger partial charge in [-0.3, -0.25) is 24.6 Å². The predicted molar refractivity (Wildman–Crippen MR) is 131 cm³/mol. The molecular formula is C25H25N3O5S. The van der Waals surface area contributed by atoms with E-state index < -0.39 is 11.8 Å². The molecule has 1 N–H and O–H groups in total. The average molecular weight is 480 g/mol. The summed E-state index contributed by atoms with van der Waals surface area (Å²) in [4.78, 5) is 40.9. The molecule has 2 heterocycles. The normalized spacial score (nSPS) is 17.7. The van der Waals surface area contributed by atoms with Crippen LogP contribution < -0.4 is 15.0 Å². The molecule has 0 unspecified atom stereocenters. The number of ether oxygens (including phenoxy) is 2. The Morgan fingerprint density at radius 3 is 2.41 bits per heavy atom. The van der Waals surface area contributed by atoms with Crippen LogP contribution in [0.5, 0.6) is 5.75 Å². The molecule has 0 aromatic heterocycles. The standard InChI is InChI=1S/C25H25N3O5S/c1-2-17-3-7-19(8-4-17)28-24(31)21(23(30)26-25(28)34)15-18-5-9-20(10-6-18)33-16-22(29)27-11-13-32-14-12-27/h3-10,15H,2,11-14,16H2,1H3,(H,26,30,34)/b21-15+. The van der Waals surface area contributed by atoms with Crippen LogP contribution in [0.2, 0.25) is 0 Å². The fourth-order valence-corrected chi connectivity index (χ4v) is 3.93. The van der Waals surface area contributed by atoms with E-state index in [9.17, 15) is 14.4 Å². The number of carbonyl (C=O) groups is 3. The van der Waals surface area contributed by atoms with Crippen LogP contribution in [-0.2, 0) is 25.5 Å². The van der Waals surface area contributed by atoms with Gasteiger partial charge < -0.3 is 14.4 Å². The molecule has 0 spiro atoms. The number of anilines is 1. The summed E-state index contributed by atoms with van der Waals surface area (Å²) in [7, 11) is 0. The first-order valence-electron chi connectivity index (χ1n) is 11.0. The van der Waals surface area contributed by atoms with Crippen molar-refractivity contribution in [1.82, 2.24) is 10.2 Å². The second-order valence-corrected chi connectivity index (χ2v) is 8.22. The van der Waals surface area contributed by atoms with Gasteiger partial charge in [0.25, 0.3) is 17.7 Å². The van der Waals surface area contributed by atoms with E-state index in [2.05, 4.69) is 5.32 Å². The minimum absolute atomic E-state index is 0.0238. The van der Waals surface area contributed by atoms with Gasteiger partial charge in [-0.15, -0.1) is 0 Å². The van der Waals surface area contributed by atoms with E-state index in [1.807, 2.05) is 31.2 Å². The zero-order chi connectivity index (χ0) is 24.1. The molecule has 0 saturated carbocycles. The fraction of sp³-hybridized carbons (Fsp3) is 0.280. The lowest BCUT2D eigenvalue weighted by Gasteiger charge is -2.29. The van der Waals surface area contributed by atoms with Gasteiger partial charge >= 0.3 is 0 Å². The van der Waals surface area contributed by atoms with Crippen molar-refractivity contribution in [1.29, 1.82) is 0 Å². The third kappa shape index (κ3) is 5.32. The number of aryl methyl sites for hydroxylation is 1. The molecule has 2 aromatic carbocycles. The van der Waals surface area contributed by atoms with Crippen molar-refractivity contribution >= 4 is 46.8 Å². The Kier molecular flexibility index (Phi) is 7.34. The zero-order valence-electron chi connectivity index (χ0n) is 18.8. The molecule has 0 aliphatic carbocycles. The lowest BCUT2D eigenvalue weighted by atomic mass is 10.1. The lowest BCUT2D eigenvalue weighted by Crippen LogP contribution is -2.54. The molecule has 2 saturated heterocycles. The highest BCUT2D eigenvalue weighted by Gasteiger charge is 2.34. The van der Waals surface area contributed by atoms with Crippen molar-refractivity contribution in [3.05, 3.63) is 65.2 Å². The minimum atomic E-state index is -0.548. The van der Waals surface area contributed by atoms with Gasteiger partial charge in [0, 0.05) is 13.1 Å². The van der Waals surface area contributed by atoms with Gasteiger partial charge in [0.05, 0.1) is 18.9 Å². The predicted octanol–water partition coefficient (Wildman–Crippen LogP) is 2.32. The van der Waals surface area contributed by atoms with Crippen molar-refractivity contribution in [2.75, 3.05) is 37.8 Å². The summed E-state index contributed by atoms with van der Waals surface area (Å²) < 4.78 is 10.8. The summed E-state index contributed by atoms with van der Waals surface area (Å²) in [5, 5.41) is 2.63. The third-order valence-corrected chi connectivity index (χ3v) is 5.91. The highest BCUT2D eigenvalue weighted by molar-refractivity contribution is 7.80. The fourth-order valence-electron chi connectivity index (χ4n) is 3.65. The smallest absolute Gasteiger partial charge is 0.270 e. The molecule has 8 nitrogen and oxygen atoms in total. The number of hydrogen-bond acceptors (Lipinski definition) is 6. The van der Waals surface area contributed by atoms with Crippen LogP contribution >= 0.6 is 12.2 Å². The van der Waals surface area contributed by atoms with E-state index in [1.54, 1.807) is 29.2 Å². The molecule has 34 heavy (non-hydrogen) atoms. The largest absolute Gasteiger partial charge is 0.484 e. The third-order valence-electron chi connectivity index (χ3n) is 5.62. The van der Waals surface area contributed by atoms with Gasteiger partial charge in [-0.25, -0.2) is 0 Å². The first-order valence-corrected chi connectivity index (χ1v) is 11.5. The molecule has 176 valence electrons. The van der Waals surface area contributed by atoms with Gasteiger partial charge in [-0.2, -0.15) is 0 Å². The molecule has 2 aliphatic heterocycles. The monoisotopic (exact) mass is 479 g/mol. The molecule has 4 rings (SSSR count). The maximum atomic E-state index is 13.1. The topological polar surface area (TPSA) is 88.2 Å². The first kappa shape index (κ1) is 23.6. The SMILES string of the molecule is CCc1ccc(N2C(=O)/C(=C/c3ccc(OCC(=O)N4CCOCC4)cc3)C(=O)NC2=S)cc1. The number of nitrogens with one attached hydrogen (secondary N) is 1. The summed E-state index contributed by atoms with van der Waals surface area (Å²) in [5.41, 5.74) is 2.34. The van der Waals surface area contributed by atoms with Gasteiger partial charge in [0.15, 0.2) is 11.7 Å². The Morgan fingerprint density at radius 2 is 1.76 bits per heavy atom. The number of nitrogens with zero attached hydrogens (tertiary/aromatic N) is 2. The Balaban J connectivity index is 1.45. The molecule has 3 amide bonds. The quantitative estimate of drug-likeness (QED) is 0.389. The summed E-state index contributed by atoms with van der Waals surface area (Å²) in [6.45, 7) is 4.18. The van der Waals surface area contributed by atoms with Crippen LogP contribution in [0.25, 0.3) is 6.08 Å². The van der Waals surface area contributed by atoms with Crippen molar-refractivity contribution in [3.63, 3.8) is 0 Å². The molecule has 0 bridgehead atoms. The molecule has 0 radical (unpaired) electrons. The highest BCUT2D eigenvalue weighted by Crippen LogP contribution is 2.23.